The first-order valence-corrected chi connectivity index (χ1v) is 29.5. The van der Waals surface area contributed by atoms with Crippen molar-refractivity contribution in [2.24, 2.45) is 5.41 Å². The molecule has 0 spiro atoms. The summed E-state index contributed by atoms with van der Waals surface area (Å²) < 4.78 is 5.63. The number of nitrogens with zero attached hydrogens (tertiary/aromatic N) is 7. The second-order valence-corrected chi connectivity index (χ2v) is 24.6. The number of aromatic nitrogens is 4. The molecule has 4 bridgehead atoms. The number of amides is 3. The van der Waals surface area contributed by atoms with E-state index in [-0.39, 0.29) is 76.0 Å². The van der Waals surface area contributed by atoms with Gasteiger partial charge in [-0.2, -0.15) is 0 Å². The maximum atomic E-state index is 14.4. The third-order valence-corrected chi connectivity index (χ3v) is 19.5. The van der Waals surface area contributed by atoms with Gasteiger partial charge in [-0.1, -0.05) is 83.2 Å². The monoisotopic (exact) mass is 1080 g/mol. The number of nitrogens with one attached hydrogen (secondary N) is 3. The van der Waals surface area contributed by atoms with Gasteiger partial charge < -0.3 is 35.4 Å². The van der Waals surface area contributed by atoms with Crippen LogP contribution in [0, 0.1) is 42.4 Å². The average Bonchev–Trinajstić information content (AvgIpc) is 0.935. The topological polar surface area (TPSA) is 158 Å². The van der Waals surface area contributed by atoms with Crippen LogP contribution in [0.15, 0.2) is 97.6 Å². The summed E-state index contributed by atoms with van der Waals surface area (Å²) in [4.78, 5) is 67.6. The Kier molecular flexibility index (Phi) is 14.3. The van der Waals surface area contributed by atoms with Gasteiger partial charge in [0.2, 0.25) is 0 Å². The summed E-state index contributed by atoms with van der Waals surface area (Å²) in [6.45, 7) is 6.56. The molecule has 4 aromatic heterocycles. The van der Waals surface area contributed by atoms with Gasteiger partial charge in [0, 0.05) is 58.4 Å². The van der Waals surface area contributed by atoms with Gasteiger partial charge in [0.25, 0.3) is 17.7 Å². The van der Waals surface area contributed by atoms with E-state index in [4.69, 9.17) is 43.9 Å². The fourth-order valence-corrected chi connectivity index (χ4v) is 16.4. The third kappa shape index (κ3) is 9.22. The number of unbranched alkanes of at least 4 members (excludes halogenated alkanes) is 2. The highest BCUT2D eigenvalue weighted by molar-refractivity contribution is 5.95. The van der Waals surface area contributed by atoms with Crippen molar-refractivity contribution in [2.45, 2.75) is 188 Å². The minimum atomic E-state index is -0.547. The van der Waals surface area contributed by atoms with Crippen LogP contribution < -0.4 is 20.7 Å². The number of hydrogen-bond donors (Lipinski definition) is 3. The molecule has 3 unspecified atom stereocenters. The number of terminal acetylenes is 3. The first-order valence-electron chi connectivity index (χ1n) is 29.5. The zero-order valence-electron chi connectivity index (χ0n) is 47.2. The molecule has 3 N–H and O–H groups in total. The molecule has 3 amide bonds. The lowest BCUT2D eigenvalue weighted by Gasteiger charge is -2.75. The molecule has 14 heteroatoms. The average molecular weight is 1080 g/mol. The molecule has 14 rings (SSSR count). The van der Waals surface area contributed by atoms with E-state index in [2.05, 4.69) is 90.9 Å². The minimum absolute atomic E-state index is 0.0281. The predicted octanol–water partition coefficient (Wildman–Crippen LogP) is 9.29. The molecule has 416 valence electrons. The van der Waals surface area contributed by atoms with E-state index in [0.29, 0.717) is 12.2 Å². The summed E-state index contributed by atoms with van der Waals surface area (Å²) in [6, 6.07) is 22.7. The Balaban J connectivity index is 0.771. The van der Waals surface area contributed by atoms with Crippen molar-refractivity contribution in [1.82, 2.24) is 45.3 Å². The zero-order valence-corrected chi connectivity index (χ0v) is 47.2. The van der Waals surface area contributed by atoms with Gasteiger partial charge >= 0.3 is 0 Å². The summed E-state index contributed by atoms with van der Waals surface area (Å²) in [5.41, 5.74) is 8.03. The summed E-state index contributed by atoms with van der Waals surface area (Å²) >= 11 is 0. The second-order valence-electron chi connectivity index (χ2n) is 24.6. The molecular weight excluding hydrogens is 1010 g/mol. The van der Waals surface area contributed by atoms with Gasteiger partial charge in [-0.25, -0.2) is 0 Å². The molecular formula is C67H74N10O4. The summed E-state index contributed by atoms with van der Waals surface area (Å²) in [7, 11) is 1.64. The molecule has 7 heterocycles. The van der Waals surface area contributed by atoms with Crippen molar-refractivity contribution < 1.29 is 19.1 Å². The van der Waals surface area contributed by atoms with Crippen molar-refractivity contribution in [2.75, 3.05) is 12.4 Å². The van der Waals surface area contributed by atoms with Crippen molar-refractivity contribution in [3.05, 3.63) is 143 Å². The minimum Gasteiger partial charge on any atom is -0.495 e. The maximum absolute atomic E-state index is 14.4. The van der Waals surface area contributed by atoms with Crippen LogP contribution in [0.2, 0.25) is 0 Å². The fourth-order valence-electron chi connectivity index (χ4n) is 16.4. The lowest BCUT2D eigenvalue weighted by atomic mass is 9.36. The maximum Gasteiger partial charge on any atom is 0.299 e. The number of anilines is 1. The van der Waals surface area contributed by atoms with Crippen molar-refractivity contribution in [1.29, 1.82) is 0 Å². The first kappa shape index (κ1) is 54.0. The normalized spacial score (nSPS) is 30.1. The molecule has 6 aliphatic carbocycles. The number of pyridine rings is 4. The van der Waals surface area contributed by atoms with E-state index in [1.165, 1.54) is 5.56 Å². The zero-order chi connectivity index (χ0) is 56.3. The molecule has 14 nitrogen and oxygen atoms in total. The van der Waals surface area contributed by atoms with E-state index in [9.17, 15) is 14.4 Å². The number of hydrogen-bond acceptors (Lipinski definition) is 11. The Labute approximate surface area is 477 Å². The number of carbonyl (C=O) groups excluding carboxylic acids is 3. The lowest BCUT2D eigenvalue weighted by Crippen LogP contribution is -2.82. The van der Waals surface area contributed by atoms with Crippen LogP contribution in [-0.2, 0) is 27.2 Å². The van der Waals surface area contributed by atoms with Crippen LogP contribution in [0.5, 0.6) is 5.75 Å². The lowest BCUT2D eigenvalue weighted by molar-refractivity contribution is -0.215. The highest BCUT2D eigenvalue weighted by Gasteiger charge is 2.74. The summed E-state index contributed by atoms with van der Waals surface area (Å²) in [5.74, 6) is 7.19. The Morgan fingerprint density at radius 1 is 0.679 bits per heavy atom. The summed E-state index contributed by atoms with van der Waals surface area (Å²) in [5, 5.41) is 12.2. The quantitative estimate of drug-likeness (QED) is 0.0678. The predicted molar refractivity (Wildman–Crippen MR) is 311 cm³/mol. The Hall–Kier alpha value is -7.57. The van der Waals surface area contributed by atoms with Gasteiger partial charge in [-0.05, 0) is 153 Å². The van der Waals surface area contributed by atoms with Crippen LogP contribution in [0.25, 0.3) is 0 Å². The van der Waals surface area contributed by atoms with Crippen LogP contribution in [0.3, 0.4) is 0 Å². The number of benzene rings is 1. The SMILES string of the molecule is C#CC(=O)N1C(C23CC(NC4c5cccnc5[C@H](c5ccc(NC67CC(NC(CCC)[C@H]8Cc9cc(OC)cnc9[C@H](c9ccccn9)N8C(=O)C#C)(C6)C7)cc5)N(C(=O)C#C)[C@H]4CCCC)(C2)C3)c2ncccc2C[C@@H]1CCCC. The third-order valence-electron chi connectivity index (χ3n) is 19.5. The van der Waals surface area contributed by atoms with E-state index >= 15 is 0 Å². The van der Waals surface area contributed by atoms with E-state index in [1.54, 1.807) is 19.5 Å². The molecule has 5 aromatic rings. The number of ether oxygens (including phenoxy) is 1. The highest BCUT2D eigenvalue weighted by atomic mass is 16.5. The van der Waals surface area contributed by atoms with Crippen LogP contribution >= 0.6 is 0 Å². The molecule has 9 aliphatic rings. The molecule has 8 atom stereocenters. The van der Waals surface area contributed by atoms with Crippen molar-refractivity contribution in [3.8, 4) is 42.8 Å². The number of methoxy groups -OCH3 is 1. The number of carbonyl (C=O) groups is 3. The van der Waals surface area contributed by atoms with Crippen LogP contribution in [0.4, 0.5) is 5.69 Å². The molecule has 6 fully saturated rings. The van der Waals surface area contributed by atoms with Gasteiger partial charge in [-0.3, -0.25) is 34.3 Å². The van der Waals surface area contributed by atoms with Crippen LogP contribution in [-0.4, -0.2) is 100 Å². The van der Waals surface area contributed by atoms with E-state index in [1.807, 2.05) is 63.5 Å². The smallest absolute Gasteiger partial charge is 0.299 e. The fraction of sp³-hybridized carbons (Fsp3) is 0.478. The Morgan fingerprint density at radius 3 is 2.04 bits per heavy atom. The highest BCUT2D eigenvalue weighted by Crippen LogP contribution is 2.74. The van der Waals surface area contributed by atoms with Crippen molar-refractivity contribution >= 4 is 23.4 Å². The molecule has 0 radical (unpaired) electrons. The molecule has 1 aromatic carbocycles. The largest absolute Gasteiger partial charge is 0.495 e. The number of rotatable bonds is 19. The molecule has 3 aliphatic heterocycles. The first-order chi connectivity index (χ1) is 39.4. The molecule has 0 saturated heterocycles. The van der Waals surface area contributed by atoms with Gasteiger partial charge in [0.1, 0.15) is 17.8 Å². The molecule has 81 heavy (non-hydrogen) atoms. The standard InChI is InChI=1S/C67H74N10O4/c1-8-14-22-47-33-44-21-18-31-69-58(44)63(75(47)54(78)11-4)64-37-65(38-64,39-64)74-59-49-23-19-32-70-60(49)61(76(55(79)12-5)52(59)25-15-9-2)43-26-28-46(29-27-43)72-66-40-67(41-66,42-66)73-50(20-10-3)53-35-45-34-48(81-7)36-71-57(45)62(77(53)56(80)13-6)51-24-16-17-30-68-51/h4-6,16-19,21,23-24,26-32,34,36,47,50,52-53,59,61-63,72-74H,8-10,14-15,20,22,25,33,35,37-42H2,1-3,7H3/t47-,50?,52-,53+,59?,61-,62-,63?,64?,65?,66?,67?/m0/s1. The van der Waals surface area contributed by atoms with E-state index < -0.39 is 12.1 Å². The second kappa shape index (κ2) is 21.4. The Bertz CT molecular complexity index is 3320. The van der Waals surface area contributed by atoms with Gasteiger partial charge in [0.05, 0.1) is 60.2 Å². The summed E-state index contributed by atoms with van der Waals surface area (Å²) in [6.07, 6.45) is 39.2. The van der Waals surface area contributed by atoms with Gasteiger partial charge in [-0.15, -0.1) is 19.3 Å². The van der Waals surface area contributed by atoms with Crippen LogP contribution in [0.1, 0.15) is 180 Å². The van der Waals surface area contributed by atoms with E-state index in [0.717, 1.165) is 141 Å². The number of fused-ring (bicyclic) bond motifs is 3. The Morgan fingerprint density at radius 2 is 1.36 bits per heavy atom. The van der Waals surface area contributed by atoms with Crippen molar-refractivity contribution in [3.63, 3.8) is 0 Å². The van der Waals surface area contributed by atoms with Gasteiger partial charge in [0.15, 0.2) is 0 Å². The molecule has 6 saturated carbocycles.